The molecule has 0 aromatic heterocycles. The normalized spacial score (nSPS) is 23.8. The van der Waals surface area contributed by atoms with Crippen molar-refractivity contribution in [3.63, 3.8) is 0 Å². The van der Waals surface area contributed by atoms with E-state index in [1.165, 1.54) is 24.8 Å². The van der Waals surface area contributed by atoms with Crippen LogP contribution in [0.1, 0.15) is 51.0 Å². The Morgan fingerprint density at radius 2 is 2.00 bits per heavy atom. The zero-order valence-corrected chi connectivity index (χ0v) is 14.7. The van der Waals surface area contributed by atoms with E-state index in [1.54, 1.807) is 0 Å². The van der Waals surface area contributed by atoms with Crippen LogP contribution in [0.2, 0.25) is 0 Å². The van der Waals surface area contributed by atoms with Gasteiger partial charge in [0.2, 0.25) is 0 Å². The zero-order chi connectivity index (χ0) is 15.2. The number of halogens is 1. The van der Waals surface area contributed by atoms with Crippen molar-refractivity contribution in [2.45, 2.75) is 58.5 Å². The summed E-state index contributed by atoms with van der Waals surface area (Å²) < 4.78 is 7.31. The van der Waals surface area contributed by atoms with E-state index in [1.807, 2.05) is 6.07 Å². The molecule has 1 aliphatic carbocycles. The van der Waals surface area contributed by atoms with Gasteiger partial charge in [0.25, 0.3) is 0 Å². The van der Waals surface area contributed by atoms with Gasteiger partial charge >= 0.3 is 0 Å². The number of benzene rings is 1. The van der Waals surface area contributed by atoms with Crippen molar-refractivity contribution in [3.05, 3.63) is 28.2 Å². The second kappa shape index (κ2) is 8.19. The topological polar surface area (TPSA) is 29.5 Å². The van der Waals surface area contributed by atoms with Crippen LogP contribution in [0.5, 0.6) is 5.75 Å². The van der Waals surface area contributed by atoms with E-state index in [4.69, 9.17) is 9.84 Å². The SMILES string of the molecule is Cc1c(Br)cccc1O[C@H]1CC[C@H](CC[C@@H](C)CO)CC1. The number of rotatable bonds is 6. The van der Waals surface area contributed by atoms with Crippen molar-refractivity contribution in [3.8, 4) is 5.75 Å². The van der Waals surface area contributed by atoms with E-state index in [0.717, 1.165) is 35.4 Å². The van der Waals surface area contributed by atoms with E-state index < -0.39 is 0 Å². The summed E-state index contributed by atoms with van der Waals surface area (Å²) in [6.07, 6.45) is 7.60. The van der Waals surface area contributed by atoms with Crippen LogP contribution in [0.3, 0.4) is 0 Å². The molecule has 1 saturated carbocycles. The third kappa shape index (κ3) is 5.00. The van der Waals surface area contributed by atoms with E-state index in [0.29, 0.717) is 18.6 Å². The van der Waals surface area contributed by atoms with Gasteiger partial charge in [0.1, 0.15) is 5.75 Å². The van der Waals surface area contributed by atoms with E-state index in [9.17, 15) is 0 Å². The van der Waals surface area contributed by atoms with Gasteiger partial charge in [-0.25, -0.2) is 0 Å². The summed E-state index contributed by atoms with van der Waals surface area (Å²) in [5.74, 6) is 2.28. The van der Waals surface area contributed by atoms with Gasteiger partial charge in [0.15, 0.2) is 0 Å². The van der Waals surface area contributed by atoms with E-state index >= 15 is 0 Å². The number of aliphatic hydroxyl groups is 1. The molecule has 0 amide bonds. The predicted molar refractivity (Wildman–Crippen MR) is 90.7 cm³/mol. The molecule has 1 N–H and O–H groups in total. The lowest BCUT2D eigenvalue weighted by Gasteiger charge is -2.30. The van der Waals surface area contributed by atoms with Crippen molar-refractivity contribution in [1.29, 1.82) is 0 Å². The fraction of sp³-hybridized carbons (Fsp3) is 0.667. The smallest absolute Gasteiger partial charge is 0.123 e. The first-order valence-electron chi connectivity index (χ1n) is 8.12. The van der Waals surface area contributed by atoms with Gasteiger partial charge in [-0.1, -0.05) is 35.3 Å². The molecule has 2 rings (SSSR count). The summed E-state index contributed by atoms with van der Waals surface area (Å²) in [7, 11) is 0. The van der Waals surface area contributed by atoms with Crippen molar-refractivity contribution in [2.75, 3.05) is 6.61 Å². The largest absolute Gasteiger partial charge is 0.490 e. The minimum Gasteiger partial charge on any atom is -0.490 e. The number of aliphatic hydroxyl groups excluding tert-OH is 1. The standard InChI is InChI=1S/C18H27BrO2/c1-13(12-20)6-7-15-8-10-16(11-9-15)21-18-5-3-4-17(19)14(18)2/h3-5,13,15-16,20H,6-12H2,1-2H3/t13-,15-,16-/m1/s1. The van der Waals surface area contributed by atoms with E-state index in [-0.39, 0.29) is 0 Å². The highest BCUT2D eigenvalue weighted by molar-refractivity contribution is 9.10. The molecule has 2 nitrogen and oxygen atoms in total. The lowest BCUT2D eigenvalue weighted by molar-refractivity contribution is 0.123. The third-order valence-corrected chi connectivity index (χ3v) is 5.54. The van der Waals surface area contributed by atoms with Gasteiger partial charge in [0, 0.05) is 16.6 Å². The molecule has 21 heavy (non-hydrogen) atoms. The van der Waals surface area contributed by atoms with Crippen LogP contribution < -0.4 is 4.74 Å². The Labute approximate surface area is 137 Å². The Kier molecular flexibility index (Phi) is 6.56. The van der Waals surface area contributed by atoms with Crippen LogP contribution in [0.15, 0.2) is 22.7 Å². The monoisotopic (exact) mass is 354 g/mol. The average Bonchev–Trinajstić information content (AvgIpc) is 2.51. The minimum absolute atomic E-state index is 0.320. The molecule has 1 aromatic rings. The van der Waals surface area contributed by atoms with Crippen molar-refractivity contribution in [2.24, 2.45) is 11.8 Å². The fourth-order valence-electron chi connectivity index (χ4n) is 3.04. The van der Waals surface area contributed by atoms with Crippen LogP contribution >= 0.6 is 15.9 Å². The predicted octanol–water partition coefficient (Wildman–Crippen LogP) is 5.10. The molecular weight excluding hydrogens is 328 g/mol. The number of hydrogen-bond donors (Lipinski definition) is 1. The average molecular weight is 355 g/mol. The van der Waals surface area contributed by atoms with Crippen LogP contribution in [0.4, 0.5) is 0 Å². The lowest BCUT2D eigenvalue weighted by Crippen LogP contribution is -2.24. The lowest BCUT2D eigenvalue weighted by atomic mass is 9.83. The second-order valence-electron chi connectivity index (χ2n) is 6.49. The van der Waals surface area contributed by atoms with Crippen LogP contribution in [-0.4, -0.2) is 17.8 Å². The molecule has 0 spiro atoms. The number of hydrogen-bond acceptors (Lipinski definition) is 2. The molecule has 1 fully saturated rings. The molecule has 0 radical (unpaired) electrons. The molecule has 1 atom stereocenters. The molecule has 0 aliphatic heterocycles. The molecule has 0 saturated heterocycles. The zero-order valence-electron chi connectivity index (χ0n) is 13.1. The maximum absolute atomic E-state index is 9.09. The Morgan fingerprint density at radius 1 is 1.29 bits per heavy atom. The Morgan fingerprint density at radius 3 is 2.67 bits per heavy atom. The summed E-state index contributed by atoms with van der Waals surface area (Å²) in [6, 6.07) is 6.16. The third-order valence-electron chi connectivity index (χ3n) is 4.68. The first-order valence-corrected chi connectivity index (χ1v) is 8.92. The Bertz CT molecular complexity index is 439. The summed E-state index contributed by atoms with van der Waals surface area (Å²) >= 11 is 3.56. The van der Waals surface area contributed by atoms with Crippen LogP contribution in [0.25, 0.3) is 0 Å². The van der Waals surface area contributed by atoms with Crippen LogP contribution in [-0.2, 0) is 0 Å². The van der Waals surface area contributed by atoms with Gasteiger partial charge in [-0.2, -0.15) is 0 Å². The molecule has 0 unspecified atom stereocenters. The first kappa shape index (κ1) is 16.8. The van der Waals surface area contributed by atoms with Gasteiger partial charge < -0.3 is 9.84 Å². The Hall–Kier alpha value is -0.540. The first-order chi connectivity index (χ1) is 10.1. The molecule has 0 bridgehead atoms. The summed E-state index contributed by atoms with van der Waals surface area (Å²) in [5.41, 5.74) is 1.19. The second-order valence-corrected chi connectivity index (χ2v) is 7.34. The van der Waals surface area contributed by atoms with Gasteiger partial charge in [0.05, 0.1) is 6.10 Å². The fourth-order valence-corrected chi connectivity index (χ4v) is 3.39. The number of ether oxygens (including phenoxy) is 1. The maximum atomic E-state index is 9.09. The minimum atomic E-state index is 0.320. The highest BCUT2D eigenvalue weighted by Crippen LogP contribution is 2.33. The van der Waals surface area contributed by atoms with Gasteiger partial charge in [-0.05, 0) is 63.0 Å². The van der Waals surface area contributed by atoms with Crippen molar-refractivity contribution < 1.29 is 9.84 Å². The molecule has 1 aliphatic rings. The molecule has 3 heteroatoms. The Balaban J connectivity index is 1.78. The molecule has 118 valence electrons. The molecule has 1 aromatic carbocycles. The van der Waals surface area contributed by atoms with Crippen molar-refractivity contribution in [1.82, 2.24) is 0 Å². The highest BCUT2D eigenvalue weighted by atomic mass is 79.9. The molecule has 0 heterocycles. The van der Waals surface area contributed by atoms with Crippen molar-refractivity contribution >= 4 is 15.9 Å². The highest BCUT2D eigenvalue weighted by Gasteiger charge is 2.23. The quantitative estimate of drug-likeness (QED) is 0.769. The molecular formula is C18H27BrO2. The maximum Gasteiger partial charge on any atom is 0.123 e. The summed E-state index contributed by atoms with van der Waals surface area (Å²) in [5, 5.41) is 9.09. The van der Waals surface area contributed by atoms with E-state index in [2.05, 4.69) is 41.9 Å². The summed E-state index contributed by atoms with van der Waals surface area (Å²) in [6.45, 7) is 4.55. The van der Waals surface area contributed by atoms with Gasteiger partial charge in [-0.15, -0.1) is 0 Å². The van der Waals surface area contributed by atoms with Gasteiger partial charge in [-0.3, -0.25) is 0 Å². The summed E-state index contributed by atoms with van der Waals surface area (Å²) in [4.78, 5) is 0. The van der Waals surface area contributed by atoms with Crippen LogP contribution in [0, 0.1) is 18.8 Å².